The smallest absolute Gasteiger partial charge is 0.193 e. The monoisotopic (exact) mass is 246 g/mol. The molecular formula is C12H14N4S. The van der Waals surface area contributed by atoms with Crippen LogP contribution in [0.5, 0.6) is 0 Å². The van der Waals surface area contributed by atoms with Crippen LogP contribution in [0, 0.1) is 6.92 Å². The molecule has 17 heavy (non-hydrogen) atoms. The summed E-state index contributed by atoms with van der Waals surface area (Å²) in [7, 11) is 0. The van der Waals surface area contributed by atoms with E-state index >= 15 is 0 Å². The fourth-order valence-electron chi connectivity index (χ4n) is 1.46. The lowest BCUT2D eigenvalue weighted by Gasteiger charge is -2.05. The summed E-state index contributed by atoms with van der Waals surface area (Å²) in [6, 6.07) is 3.92. The zero-order valence-electron chi connectivity index (χ0n) is 9.63. The second-order valence-electron chi connectivity index (χ2n) is 3.64. The molecule has 0 aliphatic rings. The zero-order chi connectivity index (χ0) is 12.1. The molecule has 0 aromatic carbocycles. The van der Waals surface area contributed by atoms with E-state index in [1.54, 1.807) is 18.5 Å². The van der Waals surface area contributed by atoms with Crippen LogP contribution in [0.15, 0.2) is 40.9 Å². The first-order valence-electron chi connectivity index (χ1n) is 5.40. The Morgan fingerprint density at radius 2 is 2.00 bits per heavy atom. The van der Waals surface area contributed by atoms with E-state index in [-0.39, 0.29) is 0 Å². The average Bonchev–Trinajstić information content (AvgIpc) is 2.34. The van der Waals surface area contributed by atoms with Crippen LogP contribution in [0.1, 0.15) is 11.1 Å². The number of aryl methyl sites for hydroxylation is 1. The molecular weight excluding hydrogens is 232 g/mol. The van der Waals surface area contributed by atoms with Crippen LogP contribution < -0.4 is 5.73 Å². The third-order valence-corrected chi connectivity index (χ3v) is 3.26. The predicted octanol–water partition coefficient (Wildman–Crippen LogP) is 1.83. The summed E-state index contributed by atoms with van der Waals surface area (Å²) in [5.41, 5.74) is 7.82. The van der Waals surface area contributed by atoms with Gasteiger partial charge in [0.1, 0.15) is 5.03 Å². The summed E-state index contributed by atoms with van der Waals surface area (Å²) in [5, 5.41) is 1.66. The molecule has 5 heteroatoms. The minimum atomic E-state index is 0.648. The quantitative estimate of drug-likeness (QED) is 0.834. The number of hydrogen-bond donors (Lipinski definition) is 1. The highest BCUT2D eigenvalue weighted by atomic mass is 32.2. The van der Waals surface area contributed by atoms with Crippen molar-refractivity contribution in [1.29, 1.82) is 0 Å². The van der Waals surface area contributed by atoms with E-state index in [2.05, 4.69) is 21.0 Å². The van der Waals surface area contributed by atoms with E-state index in [0.29, 0.717) is 6.54 Å². The minimum absolute atomic E-state index is 0.648. The Morgan fingerprint density at radius 1 is 1.24 bits per heavy atom. The Morgan fingerprint density at radius 3 is 2.65 bits per heavy atom. The van der Waals surface area contributed by atoms with Gasteiger partial charge in [-0.3, -0.25) is 0 Å². The molecule has 0 aliphatic heterocycles. The Balaban J connectivity index is 2.17. The number of pyridine rings is 1. The molecule has 2 rings (SSSR count). The van der Waals surface area contributed by atoms with Crippen molar-refractivity contribution in [2.75, 3.05) is 6.54 Å². The lowest BCUT2D eigenvalue weighted by molar-refractivity contribution is 0.926. The van der Waals surface area contributed by atoms with Gasteiger partial charge in [0.2, 0.25) is 0 Å². The van der Waals surface area contributed by atoms with Crippen molar-refractivity contribution in [2.45, 2.75) is 23.5 Å². The molecule has 0 atom stereocenters. The van der Waals surface area contributed by atoms with Gasteiger partial charge in [-0.1, -0.05) is 6.07 Å². The van der Waals surface area contributed by atoms with Crippen LogP contribution in [0.3, 0.4) is 0 Å². The summed E-state index contributed by atoms with van der Waals surface area (Å²) in [6.07, 6.45) is 6.19. The second-order valence-corrected chi connectivity index (χ2v) is 4.59. The topological polar surface area (TPSA) is 64.7 Å². The lowest BCUT2D eigenvalue weighted by Crippen LogP contribution is -2.03. The highest BCUT2D eigenvalue weighted by molar-refractivity contribution is 7.99. The molecule has 2 N–H and O–H groups in total. The minimum Gasteiger partial charge on any atom is -0.330 e. The van der Waals surface area contributed by atoms with E-state index in [9.17, 15) is 0 Å². The van der Waals surface area contributed by atoms with E-state index in [1.807, 2.05) is 13.1 Å². The van der Waals surface area contributed by atoms with Gasteiger partial charge in [0.05, 0.1) is 0 Å². The van der Waals surface area contributed by atoms with Crippen LogP contribution in [0.4, 0.5) is 0 Å². The summed E-state index contributed by atoms with van der Waals surface area (Å²) in [6.45, 7) is 2.69. The van der Waals surface area contributed by atoms with Gasteiger partial charge in [0.25, 0.3) is 0 Å². The predicted molar refractivity (Wildman–Crippen MR) is 67.9 cm³/mol. The van der Waals surface area contributed by atoms with Crippen LogP contribution in [-0.4, -0.2) is 21.5 Å². The second kappa shape index (κ2) is 5.75. The maximum atomic E-state index is 5.52. The van der Waals surface area contributed by atoms with Crippen molar-refractivity contribution in [1.82, 2.24) is 15.0 Å². The summed E-state index contributed by atoms with van der Waals surface area (Å²) < 4.78 is 0. The van der Waals surface area contributed by atoms with E-state index in [0.717, 1.165) is 22.2 Å². The van der Waals surface area contributed by atoms with Crippen LogP contribution in [0.2, 0.25) is 0 Å². The first kappa shape index (κ1) is 12.0. The maximum absolute atomic E-state index is 5.52. The van der Waals surface area contributed by atoms with E-state index < -0.39 is 0 Å². The van der Waals surface area contributed by atoms with E-state index in [1.165, 1.54) is 17.3 Å². The van der Waals surface area contributed by atoms with Gasteiger partial charge < -0.3 is 5.73 Å². The van der Waals surface area contributed by atoms with Gasteiger partial charge in [-0.05, 0) is 48.8 Å². The van der Waals surface area contributed by atoms with Crippen LogP contribution in [-0.2, 0) is 6.42 Å². The van der Waals surface area contributed by atoms with Crippen molar-refractivity contribution in [3.05, 3.63) is 41.9 Å². The lowest BCUT2D eigenvalue weighted by atomic mass is 10.2. The molecule has 2 heterocycles. The van der Waals surface area contributed by atoms with Crippen molar-refractivity contribution < 1.29 is 0 Å². The third kappa shape index (κ3) is 3.25. The molecule has 0 spiro atoms. The third-order valence-electron chi connectivity index (χ3n) is 2.25. The van der Waals surface area contributed by atoms with E-state index in [4.69, 9.17) is 5.73 Å². The summed E-state index contributed by atoms with van der Waals surface area (Å²) >= 11 is 1.48. The molecule has 0 aliphatic carbocycles. The molecule has 0 saturated heterocycles. The Bertz CT molecular complexity index is 487. The van der Waals surface area contributed by atoms with Crippen molar-refractivity contribution in [3.63, 3.8) is 0 Å². The zero-order valence-corrected chi connectivity index (χ0v) is 10.4. The first-order chi connectivity index (χ1) is 8.29. The van der Waals surface area contributed by atoms with Gasteiger partial charge >= 0.3 is 0 Å². The van der Waals surface area contributed by atoms with Gasteiger partial charge in [0.15, 0.2) is 5.16 Å². The Hall–Kier alpha value is -1.46. The van der Waals surface area contributed by atoms with Gasteiger partial charge in [-0.2, -0.15) is 0 Å². The largest absolute Gasteiger partial charge is 0.330 e. The summed E-state index contributed by atoms with van der Waals surface area (Å²) in [4.78, 5) is 12.8. The molecule has 4 nitrogen and oxygen atoms in total. The van der Waals surface area contributed by atoms with Crippen molar-refractivity contribution >= 4 is 11.8 Å². The fraction of sp³-hybridized carbons (Fsp3) is 0.250. The van der Waals surface area contributed by atoms with Gasteiger partial charge in [-0.15, -0.1) is 0 Å². The Labute approximate surface area is 105 Å². The van der Waals surface area contributed by atoms with Crippen molar-refractivity contribution in [3.8, 4) is 0 Å². The molecule has 0 radical (unpaired) electrons. The summed E-state index contributed by atoms with van der Waals surface area (Å²) in [5.74, 6) is 0. The normalized spacial score (nSPS) is 10.5. The molecule has 0 amide bonds. The highest BCUT2D eigenvalue weighted by Crippen LogP contribution is 2.25. The fourth-order valence-corrected chi connectivity index (χ4v) is 2.18. The first-order valence-corrected chi connectivity index (χ1v) is 6.21. The number of nitrogens with two attached hydrogens (primary N) is 1. The number of nitrogens with zero attached hydrogens (tertiary/aromatic N) is 3. The molecule has 0 saturated carbocycles. The van der Waals surface area contributed by atoms with Crippen LogP contribution in [0.25, 0.3) is 0 Å². The molecule has 0 bridgehead atoms. The molecule has 0 fully saturated rings. The number of rotatable bonds is 4. The Kier molecular flexibility index (Phi) is 4.06. The van der Waals surface area contributed by atoms with Gasteiger partial charge in [0, 0.05) is 18.6 Å². The van der Waals surface area contributed by atoms with Crippen LogP contribution >= 0.6 is 11.8 Å². The molecule has 2 aromatic heterocycles. The number of hydrogen-bond acceptors (Lipinski definition) is 5. The maximum Gasteiger partial charge on any atom is 0.193 e. The molecule has 0 unspecified atom stereocenters. The molecule has 88 valence electrons. The average molecular weight is 246 g/mol. The number of aromatic nitrogens is 3. The molecule has 2 aromatic rings. The standard InChI is InChI=1S/C12H14N4S/c1-9-7-10(3-4-13)8-16-11(9)17-12-14-5-2-6-15-12/h2,5-8H,3-4,13H2,1H3. The van der Waals surface area contributed by atoms with Gasteiger partial charge in [-0.25, -0.2) is 15.0 Å². The highest BCUT2D eigenvalue weighted by Gasteiger charge is 2.05. The van der Waals surface area contributed by atoms with Crippen molar-refractivity contribution in [2.24, 2.45) is 5.73 Å². The SMILES string of the molecule is Cc1cc(CCN)cnc1Sc1ncccn1.